The molecule has 2 fully saturated rings. The molecule has 1 amide bonds. The van der Waals surface area contributed by atoms with Crippen molar-refractivity contribution in [2.24, 2.45) is 0 Å². The lowest BCUT2D eigenvalue weighted by Crippen LogP contribution is -2.54. The van der Waals surface area contributed by atoms with Crippen LogP contribution >= 0.6 is 11.8 Å². The number of amides is 1. The van der Waals surface area contributed by atoms with Gasteiger partial charge in [-0.3, -0.25) is 9.69 Å². The first-order valence-electron chi connectivity index (χ1n) is 6.15. The summed E-state index contributed by atoms with van der Waals surface area (Å²) in [4.78, 5) is 12.8. The summed E-state index contributed by atoms with van der Waals surface area (Å²) < 4.78 is 39.2. The van der Waals surface area contributed by atoms with Crippen LogP contribution in [-0.2, 0) is 4.79 Å². The van der Waals surface area contributed by atoms with Crippen molar-refractivity contribution in [3.8, 4) is 0 Å². The average Bonchev–Trinajstić information content (AvgIpc) is 2.52. The van der Waals surface area contributed by atoms with Crippen molar-refractivity contribution < 1.29 is 18.0 Å². The smallest absolute Gasteiger partial charge is 0.354 e. The van der Waals surface area contributed by atoms with Crippen LogP contribution < -0.4 is 5.32 Å². The lowest BCUT2D eigenvalue weighted by molar-refractivity contribution is -0.186. The second-order valence-electron chi connectivity index (χ2n) is 4.72. The van der Waals surface area contributed by atoms with E-state index in [0.717, 1.165) is 24.3 Å². The molecule has 0 aromatic carbocycles. The molecule has 2 saturated heterocycles. The Balaban J connectivity index is 2.12. The molecule has 7 heteroatoms. The van der Waals surface area contributed by atoms with Crippen LogP contribution in [0.5, 0.6) is 0 Å². The number of alkyl halides is 3. The number of hydrogen-bond donors (Lipinski definition) is 1. The van der Waals surface area contributed by atoms with Gasteiger partial charge in [-0.15, -0.1) is 0 Å². The van der Waals surface area contributed by atoms with Crippen LogP contribution in [0.1, 0.15) is 19.3 Å². The highest BCUT2D eigenvalue weighted by molar-refractivity contribution is 7.99. The van der Waals surface area contributed by atoms with Crippen molar-refractivity contribution in [2.45, 2.75) is 37.5 Å². The van der Waals surface area contributed by atoms with E-state index in [2.05, 4.69) is 5.32 Å². The third kappa shape index (κ3) is 3.32. The van der Waals surface area contributed by atoms with Gasteiger partial charge in [0.05, 0.1) is 0 Å². The fourth-order valence-corrected chi connectivity index (χ4v) is 3.70. The Morgan fingerprint density at radius 3 is 2.78 bits per heavy atom. The van der Waals surface area contributed by atoms with Crippen LogP contribution in [0.4, 0.5) is 13.2 Å². The SMILES string of the molecule is O=C1CCN(C2CCCSC2)C(C(F)(F)F)CN1. The number of nitrogens with zero attached hydrogens (tertiary/aromatic N) is 1. The standard InChI is InChI=1S/C11H17F3N2OS/c12-11(13,14)9-6-15-10(17)3-4-16(9)8-2-1-5-18-7-8/h8-9H,1-7H2,(H,15,17). The van der Waals surface area contributed by atoms with Gasteiger partial charge in [-0.05, 0) is 18.6 Å². The van der Waals surface area contributed by atoms with Crippen molar-refractivity contribution in [1.82, 2.24) is 10.2 Å². The Labute approximate surface area is 108 Å². The number of thioether (sulfide) groups is 1. The highest BCUT2D eigenvalue weighted by Gasteiger charge is 2.46. The average molecular weight is 282 g/mol. The molecular formula is C11H17F3N2OS. The zero-order chi connectivity index (χ0) is 13.2. The van der Waals surface area contributed by atoms with Gasteiger partial charge in [-0.2, -0.15) is 24.9 Å². The van der Waals surface area contributed by atoms with Gasteiger partial charge < -0.3 is 5.32 Å². The number of nitrogens with one attached hydrogen (secondary N) is 1. The fourth-order valence-electron chi connectivity index (χ4n) is 2.53. The summed E-state index contributed by atoms with van der Waals surface area (Å²) in [6.07, 6.45) is -2.36. The molecule has 3 nitrogen and oxygen atoms in total. The van der Waals surface area contributed by atoms with E-state index < -0.39 is 12.2 Å². The summed E-state index contributed by atoms with van der Waals surface area (Å²) in [6.45, 7) is -0.106. The molecular weight excluding hydrogens is 265 g/mol. The first kappa shape index (κ1) is 14.0. The maximum Gasteiger partial charge on any atom is 0.405 e. The monoisotopic (exact) mass is 282 g/mol. The lowest BCUT2D eigenvalue weighted by Gasteiger charge is -2.38. The minimum atomic E-state index is -4.28. The quantitative estimate of drug-likeness (QED) is 0.793. The molecule has 1 N–H and O–H groups in total. The summed E-state index contributed by atoms with van der Waals surface area (Å²) in [5.41, 5.74) is 0. The Hall–Kier alpha value is -0.430. The van der Waals surface area contributed by atoms with Crippen LogP contribution in [0.15, 0.2) is 0 Å². The van der Waals surface area contributed by atoms with E-state index in [1.54, 1.807) is 11.8 Å². The Morgan fingerprint density at radius 1 is 1.39 bits per heavy atom. The Morgan fingerprint density at radius 2 is 2.17 bits per heavy atom. The number of halogens is 3. The van der Waals surface area contributed by atoms with E-state index >= 15 is 0 Å². The van der Waals surface area contributed by atoms with Crippen molar-refractivity contribution in [2.75, 3.05) is 24.6 Å². The highest BCUT2D eigenvalue weighted by Crippen LogP contribution is 2.31. The molecule has 0 aromatic heterocycles. The van der Waals surface area contributed by atoms with E-state index in [9.17, 15) is 18.0 Å². The predicted octanol–water partition coefficient (Wildman–Crippen LogP) is 1.63. The normalized spacial score (nSPS) is 31.8. The minimum Gasteiger partial charge on any atom is -0.354 e. The van der Waals surface area contributed by atoms with Crippen molar-refractivity contribution in [1.29, 1.82) is 0 Å². The number of carbonyl (C=O) groups excluding carboxylic acids is 1. The molecule has 0 saturated carbocycles. The minimum absolute atomic E-state index is 0.0527. The summed E-state index contributed by atoms with van der Waals surface area (Å²) in [5, 5.41) is 2.36. The van der Waals surface area contributed by atoms with Gasteiger partial charge in [0, 0.05) is 31.3 Å². The maximum absolute atomic E-state index is 13.1. The first-order valence-corrected chi connectivity index (χ1v) is 7.31. The molecule has 18 heavy (non-hydrogen) atoms. The maximum atomic E-state index is 13.1. The molecule has 104 valence electrons. The Kier molecular flexibility index (Phi) is 4.42. The van der Waals surface area contributed by atoms with Gasteiger partial charge in [0.25, 0.3) is 0 Å². The largest absolute Gasteiger partial charge is 0.405 e. The van der Waals surface area contributed by atoms with Gasteiger partial charge in [-0.1, -0.05) is 0 Å². The van der Waals surface area contributed by atoms with Crippen LogP contribution in [0, 0.1) is 0 Å². The molecule has 0 aliphatic carbocycles. The first-order chi connectivity index (χ1) is 8.48. The zero-order valence-corrected chi connectivity index (χ0v) is 10.8. The molecule has 0 aromatic rings. The van der Waals surface area contributed by atoms with Gasteiger partial charge >= 0.3 is 6.18 Å². The fraction of sp³-hybridized carbons (Fsp3) is 0.909. The second-order valence-corrected chi connectivity index (χ2v) is 5.87. The molecule has 2 aliphatic heterocycles. The molecule has 0 spiro atoms. The lowest BCUT2D eigenvalue weighted by atomic mass is 10.1. The van der Waals surface area contributed by atoms with Crippen LogP contribution in [0.25, 0.3) is 0 Å². The molecule has 2 heterocycles. The van der Waals surface area contributed by atoms with Crippen molar-refractivity contribution in [3.63, 3.8) is 0 Å². The molecule has 2 rings (SSSR count). The molecule has 2 atom stereocenters. The van der Waals surface area contributed by atoms with E-state index in [4.69, 9.17) is 0 Å². The van der Waals surface area contributed by atoms with Crippen LogP contribution in [-0.4, -0.2) is 53.7 Å². The summed E-state index contributed by atoms with van der Waals surface area (Å²) in [6, 6.07) is -1.59. The Bertz CT molecular complexity index is 305. The van der Waals surface area contributed by atoms with E-state index in [0.29, 0.717) is 0 Å². The van der Waals surface area contributed by atoms with Gasteiger partial charge in [0.15, 0.2) is 0 Å². The summed E-state index contributed by atoms with van der Waals surface area (Å²) in [7, 11) is 0. The predicted molar refractivity (Wildman–Crippen MR) is 64.5 cm³/mol. The third-order valence-corrected chi connectivity index (χ3v) is 4.67. The van der Waals surface area contributed by atoms with E-state index in [1.807, 2.05) is 0 Å². The molecule has 0 radical (unpaired) electrons. The topological polar surface area (TPSA) is 32.3 Å². The number of rotatable bonds is 1. The van der Waals surface area contributed by atoms with E-state index in [-0.39, 0.29) is 31.5 Å². The summed E-state index contributed by atoms with van der Waals surface area (Å²) >= 11 is 1.70. The zero-order valence-electron chi connectivity index (χ0n) is 10.0. The molecule has 0 bridgehead atoms. The number of hydrogen-bond acceptors (Lipinski definition) is 3. The second kappa shape index (κ2) is 5.69. The van der Waals surface area contributed by atoms with Crippen LogP contribution in [0.3, 0.4) is 0 Å². The third-order valence-electron chi connectivity index (χ3n) is 3.47. The van der Waals surface area contributed by atoms with Gasteiger partial charge in [0.1, 0.15) is 6.04 Å². The van der Waals surface area contributed by atoms with Crippen molar-refractivity contribution in [3.05, 3.63) is 0 Å². The summed E-state index contributed by atoms with van der Waals surface area (Å²) in [5.74, 6) is 1.48. The highest BCUT2D eigenvalue weighted by atomic mass is 32.2. The molecule has 2 unspecified atom stereocenters. The van der Waals surface area contributed by atoms with Crippen molar-refractivity contribution >= 4 is 17.7 Å². The number of carbonyl (C=O) groups is 1. The van der Waals surface area contributed by atoms with Crippen LogP contribution in [0.2, 0.25) is 0 Å². The van der Waals surface area contributed by atoms with Gasteiger partial charge in [0.2, 0.25) is 5.91 Å². The van der Waals surface area contributed by atoms with E-state index in [1.165, 1.54) is 4.90 Å². The van der Waals surface area contributed by atoms with Gasteiger partial charge in [-0.25, -0.2) is 0 Å². The molecule has 2 aliphatic rings.